The number of aryl methyl sites for hydroxylation is 2. The van der Waals surface area contributed by atoms with Crippen LogP contribution in [0.4, 0.5) is 11.4 Å². The molecular formula is C20H20N4O4S. The minimum absolute atomic E-state index is 0.0429. The number of benzene rings is 1. The molecule has 1 aromatic carbocycles. The molecule has 0 aliphatic heterocycles. The van der Waals surface area contributed by atoms with Gasteiger partial charge in [-0.05, 0) is 43.4 Å². The van der Waals surface area contributed by atoms with Crippen LogP contribution in [-0.4, -0.2) is 27.4 Å². The van der Waals surface area contributed by atoms with Gasteiger partial charge in [0.05, 0.1) is 16.6 Å². The van der Waals surface area contributed by atoms with E-state index in [1.807, 2.05) is 0 Å². The van der Waals surface area contributed by atoms with Crippen LogP contribution in [0, 0.1) is 10.1 Å². The van der Waals surface area contributed by atoms with Crippen LogP contribution in [0.2, 0.25) is 0 Å². The lowest BCUT2D eigenvalue weighted by molar-refractivity contribution is -0.384. The largest absolute Gasteiger partial charge is 0.314 e. The van der Waals surface area contributed by atoms with Crippen LogP contribution in [-0.2, 0) is 24.2 Å². The number of nitrogens with zero attached hydrogens (tertiary/aromatic N) is 4. The molecule has 0 atom stereocenters. The van der Waals surface area contributed by atoms with Crippen molar-refractivity contribution in [1.29, 1.82) is 0 Å². The number of hydrogen-bond donors (Lipinski definition) is 0. The Morgan fingerprint density at radius 1 is 1.24 bits per heavy atom. The predicted molar refractivity (Wildman–Crippen MR) is 112 cm³/mol. The van der Waals surface area contributed by atoms with Crippen LogP contribution in [0.1, 0.15) is 29.7 Å². The van der Waals surface area contributed by atoms with Crippen LogP contribution < -0.4 is 10.5 Å². The van der Waals surface area contributed by atoms with Crippen molar-refractivity contribution in [3.8, 4) is 0 Å². The Labute approximate surface area is 170 Å². The number of hydrogen-bond acceptors (Lipinski definition) is 6. The van der Waals surface area contributed by atoms with Gasteiger partial charge in [0, 0.05) is 29.7 Å². The first kappa shape index (κ1) is 19.3. The summed E-state index contributed by atoms with van der Waals surface area (Å²) >= 11 is 1.59. The summed E-state index contributed by atoms with van der Waals surface area (Å²) in [6.07, 6.45) is 6.66. The van der Waals surface area contributed by atoms with Crippen molar-refractivity contribution in [2.24, 2.45) is 0 Å². The summed E-state index contributed by atoms with van der Waals surface area (Å²) in [4.78, 5) is 43.9. The third-order valence-electron chi connectivity index (χ3n) is 5.32. The zero-order valence-electron chi connectivity index (χ0n) is 16.0. The van der Waals surface area contributed by atoms with E-state index < -0.39 is 4.92 Å². The molecule has 4 rings (SSSR count). The number of amides is 1. The van der Waals surface area contributed by atoms with Gasteiger partial charge in [0.2, 0.25) is 5.91 Å². The smallest absolute Gasteiger partial charge is 0.269 e. The predicted octanol–water partition coefficient (Wildman–Crippen LogP) is 3.30. The number of likely N-dealkylation sites (N-methyl/N-ethyl adjacent to an activating group) is 1. The minimum Gasteiger partial charge on any atom is -0.314 e. The Morgan fingerprint density at radius 3 is 2.69 bits per heavy atom. The molecule has 0 saturated heterocycles. The van der Waals surface area contributed by atoms with E-state index >= 15 is 0 Å². The number of carbonyl (C=O) groups is 1. The molecule has 0 unspecified atom stereocenters. The van der Waals surface area contributed by atoms with Crippen LogP contribution in [0.5, 0.6) is 0 Å². The molecule has 0 saturated carbocycles. The van der Waals surface area contributed by atoms with E-state index in [0.717, 1.165) is 42.5 Å². The number of thiophene rings is 1. The lowest BCUT2D eigenvalue weighted by Gasteiger charge is -2.17. The van der Waals surface area contributed by atoms with E-state index in [4.69, 9.17) is 0 Å². The molecule has 9 heteroatoms. The van der Waals surface area contributed by atoms with Gasteiger partial charge in [-0.3, -0.25) is 24.3 Å². The summed E-state index contributed by atoms with van der Waals surface area (Å²) in [5.41, 5.74) is 1.40. The summed E-state index contributed by atoms with van der Waals surface area (Å²) in [6.45, 7) is -0.139. The molecule has 150 valence electrons. The Kier molecular flexibility index (Phi) is 5.14. The fraction of sp³-hybridized carbons (Fsp3) is 0.350. The molecule has 8 nitrogen and oxygen atoms in total. The molecule has 0 fully saturated rings. The van der Waals surface area contributed by atoms with E-state index in [2.05, 4.69) is 4.98 Å². The van der Waals surface area contributed by atoms with Crippen molar-refractivity contribution >= 4 is 38.8 Å². The van der Waals surface area contributed by atoms with Crippen molar-refractivity contribution in [1.82, 2.24) is 9.55 Å². The first-order chi connectivity index (χ1) is 14.0. The van der Waals surface area contributed by atoms with Crippen molar-refractivity contribution in [3.63, 3.8) is 0 Å². The molecule has 0 spiro atoms. The van der Waals surface area contributed by atoms with E-state index in [1.165, 1.54) is 44.9 Å². The lowest BCUT2D eigenvalue weighted by Crippen LogP contribution is -2.34. The zero-order chi connectivity index (χ0) is 20.5. The second-order valence-corrected chi connectivity index (χ2v) is 8.23. The monoisotopic (exact) mass is 412 g/mol. The molecule has 2 heterocycles. The van der Waals surface area contributed by atoms with Crippen molar-refractivity contribution in [2.45, 2.75) is 38.6 Å². The van der Waals surface area contributed by atoms with Crippen molar-refractivity contribution in [2.75, 3.05) is 11.9 Å². The molecule has 29 heavy (non-hydrogen) atoms. The van der Waals surface area contributed by atoms with Gasteiger partial charge in [-0.25, -0.2) is 4.98 Å². The van der Waals surface area contributed by atoms with E-state index in [0.29, 0.717) is 11.1 Å². The van der Waals surface area contributed by atoms with Crippen molar-refractivity contribution in [3.05, 3.63) is 61.5 Å². The Morgan fingerprint density at radius 2 is 1.97 bits per heavy atom. The summed E-state index contributed by atoms with van der Waals surface area (Å²) in [5, 5.41) is 11.4. The number of non-ortho nitro benzene ring substituents is 1. The molecular weight excluding hydrogens is 392 g/mol. The quantitative estimate of drug-likeness (QED) is 0.372. The Bertz CT molecular complexity index is 1150. The van der Waals surface area contributed by atoms with Crippen LogP contribution in [0.15, 0.2) is 35.4 Å². The van der Waals surface area contributed by atoms with Gasteiger partial charge < -0.3 is 4.90 Å². The molecule has 0 N–H and O–H groups in total. The molecule has 1 aliphatic carbocycles. The molecule has 0 bridgehead atoms. The van der Waals surface area contributed by atoms with Gasteiger partial charge in [0.1, 0.15) is 11.4 Å². The number of aromatic nitrogens is 2. The van der Waals surface area contributed by atoms with E-state index in [9.17, 15) is 19.7 Å². The van der Waals surface area contributed by atoms with Gasteiger partial charge in [0.15, 0.2) is 0 Å². The lowest BCUT2D eigenvalue weighted by atomic mass is 10.1. The maximum absolute atomic E-state index is 13.1. The normalized spacial score (nSPS) is 13.7. The maximum Gasteiger partial charge on any atom is 0.269 e. The Hall–Kier alpha value is -3.07. The van der Waals surface area contributed by atoms with Crippen LogP contribution >= 0.6 is 11.3 Å². The second-order valence-electron chi connectivity index (χ2n) is 7.15. The van der Waals surface area contributed by atoms with Gasteiger partial charge in [0.25, 0.3) is 11.2 Å². The summed E-state index contributed by atoms with van der Waals surface area (Å²) in [7, 11) is 1.58. The highest BCUT2D eigenvalue weighted by Gasteiger charge is 2.20. The maximum atomic E-state index is 13.1. The zero-order valence-corrected chi connectivity index (χ0v) is 16.8. The number of anilines is 1. The van der Waals surface area contributed by atoms with Gasteiger partial charge >= 0.3 is 0 Å². The van der Waals surface area contributed by atoms with Gasteiger partial charge in [-0.1, -0.05) is 6.42 Å². The van der Waals surface area contributed by atoms with E-state index in [-0.39, 0.29) is 23.7 Å². The average molecular weight is 412 g/mol. The summed E-state index contributed by atoms with van der Waals surface area (Å²) < 4.78 is 1.35. The molecule has 1 aliphatic rings. The molecule has 3 aromatic rings. The molecule has 2 aromatic heterocycles. The highest BCUT2D eigenvalue weighted by Crippen LogP contribution is 2.32. The third-order valence-corrected chi connectivity index (χ3v) is 6.52. The Balaban J connectivity index is 1.61. The average Bonchev–Trinajstić information content (AvgIpc) is 2.91. The first-order valence-corrected chi connectivity index (χ1v) is 10.3. The minimum atomic E-state index is -0.490. The summed E-state index contributed by atoms with van der Waals surface area (Å²) in [5.74, 6) is -0.302. The highest BCUT2D eigenvalue weighted by molar-refractivity contribution is 7.18. The second kappa shape index (κ2) is 7.75. The standard InChI is InChI=1S/C20H20N4O4S/c1-22(13-7-9-14(10-8-13)24(27)28)17(25)11-23-12-21-19-18(20(23)26)15-5-3-2-4-6-16(15)29-19/h7-10,12H,2-6,11H2,1H3. The SMILES string of the molecule is CN(C(=O)Cn1cnc2sc3c(c2c1=O)CCCCC3)c1ccc([N+](=O)[O-])cc1. The summed E-state index contributed by atoms with van der Waals surface area (Å²) in [6, 6.07) is 5.72. The molecule has 0 radical (unpaired) electrons. The van der Waals surface area contributed by atoms with Crippen LogP contribution in [0.3, 0.4) is 0 Å². The number of fused-ring (bicyclic) bond motifs is 3. The first-order valence-electron chi connectivity index (χ1n) is 9.46. The van der Waals surface area contributed by atoms with Crippen molar-refractivity contribution < 1.29 is 9.72 Å². The van der Waals surface area contributed by atoms with E-state index in [1.54, 1.807) is 18.4 Å². The molecule has 1 amide bonds. The number of nitro groups is 1. The highest BCUT2D eigenvalue weighted by atomic mass is 32.1. The number of rotatable bonds is 4. The third kappa shape index (κ3) is 3.65. The fourth-order valence-electron chi connectivity index (χ4n) is 3.66. The number of nitro benzene ring substituents is 1. The van der Waals surface area contributed by atoms with Crippen LogP contribution in [0.25, 0.3) is 10.2 Å². The van der Waals surface area contributed by atoms with Gasteiger partial charge in [-0.2, -0.15) is 0 Å². The number of carbonyl (C=O) groups excluding carboxylic acids is 1. The fourth-order valence-corrected chi connectivity index (χ4v) is 4.88. The van der Waals surface area contributed by atoms with Gasteiger partial charge in [-0.15, -0.1) is 11.3 Å². The topological polar surface area (TPSA) is 98.3 Å².